The Morgan fingerprint density at radius 3 is 2.72 bits per heavy atom. The van der Waals surface area contributed by atoms with Gasteiger partial charge in [-0.2, -0.15) is 0 Å². The van der Waals surface area contributed by atoms with E-state index in [2.05, 4.69) is 5.38 Å². The van der Waals surface area contributed by atoms with Gasteiger partial charge in [0.15, 0.2) is 0 Å². The number of hydrogen-bond donors (Lipinski definition) is 1. The van der Waals surface area contributed by atoms with Crippen molar-refractivity contribution in [2.24, 2.45) is 5.73 Å². The maximum absolute atomic E-state index is 6.61. The number of aromatic nitrogens is 1. The summed E-state index contributed by atoms with van der Waals surface area (Å²) in [4.78, 5) is 4.84. The number of ether oxygens (including phenoxy) is 1. The molecule has 0 radical (unpaired) electrons. The minimum atomic E-state index is -0.154. The molecule has 2 fully saturated rings. The molecule has 2 heterocycles. The predicted molar refractivity (Wildman–Crippen MR) is 73.9 cm³/mol. The standard InChI is InChI=1S/C14H22N2OS/c15-14(6-3-1-2-4-7-14)13-16-12(10-18-13)11-5-8-17-9-11/h10-11H,1-9,15H2. The molecular weight excluding hydrogens is 244 g/mol. The molecule has 1 aliphatic heterocycles. The van der Waals surface area contributed by atoms with Crippen molar-refractivity contribution in [3.05, 3.63) is 16.1 Å². The highest BCUT2D eigenvalue weighted by atomic mass is 32.1. The van der Waals surface area contributed by atoms with Gasteiger partial charge < -0.3 is 10.5 Å². The van der Waals surface area contributed by atoms with Crippen LogP contribution in [0.15, 0.2) is 5.38 Å². The normalized spacial score (nSPS) is 28.2. The van der Waals surface area contributed by atoms with Crippen LogP contribution >= 0.6 is 11.3 Å². The lowest BCUT2D eigenvalue weighted by Gasteiger charge is -2.25. The number of nitrogens with two attached hydrogens (primary N) is 1. The van der Waals surface area contributed by atoms with E-state index in [1.54, 1.807) is 11.3 Å². The molecular formula is C14H22N2OS. The summed E-state index contributed by atoms with van der Waals surface area (Å²) in [5.74, 6) is 0.504. The highest BCUT2D eigenvalue weighted by molar-refractivity contribution is 7.09. The Morgan fingerprint density at radius 1 is 1.28 bits per heavy atom. The predicted octanol–water partition coefficient (Wildman–Crippen LogP) is 3.16. The molecule has 2 aliphatic rings. The average molecular weight is 266 g/mol. The molecule has 1 unspecified atom stereocenters. The molecule has 1 saturated carbocycles. The average Bonchev–Trinajstić information content (AvgIpc) is 3.00. The van der Waals surface area contributed by atoms with Crippen LogP contribution in [0.2, 0.25) is 0 Å². The van der Waals surface area contributed by atoms with Gasteiger partial charge in [0.2, 0.25) is 0 Å². The Morgan fingerprint density at radius 2 is 2.06 bits per heavy atom. The molecule has 0 spiro atoms. The maximum atomic E-state index is 6.61. The van der Waals surface area contributed by atoms with E-state index >= 15 is 0 Å². The number of thiazole rings is 1. The lowest BCUT2D eigenvalue weighted by atomic mass is 9.92. The molecule has 0 aromatic carbocycles. The van der Waals surface area contributed by atoms with Gasteiger partial charge in [-0.3, -0.25) is 0 Å². The van der Waals surface area contributed by atoms with E-state index in [1.165, 1.54) is 31.4 Å². The molecule has 2 N–H and O–H groups in total. The van der Waals surface area contributed by atoms with Crippen molar-refractivity contribution in [3.8, 4) is 0 Å². The highest BCUT2D eigenvalue weighted by Gasteiger charge is 2.32. The van der Waals surface area contributed by atoms with Crippen LogP contribution in [0.4, 0.5) is 0 Å². The monoisotopic (exact) mass is 266 g/mol. The lowest BCUT2D eigenvalue weighted by molar-refractivity contribution is 0.193. The second kappa shape index (κ2) is 5.27. The fourth-order valence-electron chi connectivity index (χ4n) is 3.04. The fourth-order valence-corrected chi connectivity index (χ4v) is 4.12. The number of hydrogen-bond acceptors (Lipinski definition) is 4. The largest absolute Gasteiger partial charge is 0.381 e. The summed E-state index contributed by atoms with van der Waals surface area (Å²) in [6, 6.07) is 0. The minimum absolute atomic E-state index is 0.154. The van der Waals surface area contributed by atoms with Crippen molar-refractivity contribution in [2.75, 3.05) is 13.2 Å². The first-order valence-electron chi connectivity index (χ1n) is 7.10. The molecule has 3 nitrogen and oxygen atoms in total. The molecule has 1 aromatic rings. The van der Waals surface area contributed by atoms with Gasteiger partial charge in [-0.15, -0.1) is 11.3 Å². The van der Waals surface area contributed by atoms with E-state index in [-0.39, 0.29) is 5.54 Å². The van der Waals surface area contributed by atoms with E-state index in [1.807, 2.05) is 0 Å². The minimum Gasteiger partial charge on any atom is -0.381 e. The summed E-state index contributed by atoms with van der Waals surface area (Å²) >= 11 is 1.76. The third-order valence-electron chi connectivity index (χ3n) is 4.29. The van der Waals surface area contributed by atoms with Crippen LogP contribution in [-0.4, -0.2) is 18.2 Å². The fraction of sp³-hybridized carbons (Fsp3) is 0.786. The zero-order valence-electron chi connectivity index (χ0n) is 10.9. The summed E-state index contributed by atoms with van der Waals surface area (Å²) in [7, 11) is 0. The first-order chi connectivity index (χ1) is 8.78. The van der Waals surface area contributed by atoms with Gasteiger partial charge >= 0.3 is 0 Å². The molecule has 0 bridgehead atoms. The van der Waals surface area contributed by atoms with Crippen LogP contribution in [-0.2, 0) is 10.3 Å². The molecule has 18 heavy (non-hydrogen) atoms. The summed E-state index contributed by atoms with van der Waals surface area (Å²) in [5, 5.41) is 3.36. The zero-order chi connectivity index (χ0) is 12.4. The van der Waals surface area contributed by atoms with Gasteiger partial charge in [0, 0.05) is 17.9 Å². The maximum Gasteiger partial charge on any atom is 0.113 e. The second-order valence-corrected chi connectivity index (χ2v) is 6.57. The Labute approximate surface area is 113 Å². The van der Waals surface area contributed by atoms with Gasteiger partial charge in [0.05, 0.1) is 17.8 Å². The van der Waals surface area contributed by atoms with Crippen LogP contribution in [0.5, 0.6) is 0 Å². The number of rotatable bonds is 2. The van der Waals surface area contributed by atoms with E-state index in [0.717, 1.165) is 37.5 Å². The van der Waals surface area contributed by atoms with Gasteiger partial charge in [-0.1, -0.05) is 25.7 Å². The van der Waals surface area contributed by atoms with E-state index in [4.69, 9.17) is 15.5 Å². The van der Waals surface area contributed by atoms with Crippen molar-refractivity contribution < 1.29 is 4.74 Å². The van der Waals surface area contributed by atoms with E-state index in [9.17, 15) is 0 Å². The Kier molecular flexibility index (Phi) is 3.68. The number of nitrogens with zero attached hydrogens (tertiary/aromatic N) is 1. The Balaban J connectivity index is 1.78. The SMILES string of the molecule is NC1(c2nc(C3CCOC3)cs2)CCCCCC1. The Bertz CT molecular complexity index is 390. The summed E-state index contributed by atoms with van der Waals surface area (Å²) in [5.41, 5.74) is 7.66. The molecule has 4 heteroatoms. The summed E-state index contributed by atoms with van der Waals surface area (Å²) < 4.78 is 5.44. The van der Waals surface area contributed by atoms with Gasteiger partial charge in [-0.25, -0.2) is 4.98 Å². The molecule has 1 saturated heterocycles. The van der Waals surface area contributed by atoms with Crippen molar-refractivity contribution in [1.29, 1.82) is 0 Å². The van der Waals surface area contributed by atoms with Gasteiger partial charge in [0.25, 0.3) is 0 Å². The third-order valence-corrected chi connectivity index (χ3v) is 5.37. The topological polar surface area (TPSA) is 48.1 Å². The third kappa shape index (κ3) is 2.46. The molecule has 1 aliphatic carbocycles. The first kappa shape index (κ1) is 12.6. The van der Waals surface area contributed by atoms with Gasteiger partial charge in [0.1, 0.15) is 5.01 Å². The van der Waals surface area contributed by atoms with Crippen molar-refractivity contribution in [1.82, 2.24) is 4.98 Å². The molecule has 1 atom stereocenters. The van der Waals surface area contributed by atoms with Crippen molar-refractivity contribution in [2.45, 2.75) is 56.4 Å². The van der Waals surface area contributed by atoms with Gasteiger partial charge in [-0.05, 0) is 19.3 Å². The summed E-state index contributed by atoms with van der Waals surface area (Å²) in [6.45, 7) is 1.71. The zero-order valence-corrected chi connectivity index (χ0v) is 11.7. The molecule has 0 amide bonds. The van der Waals surface area contributed by atoms with Crippen molar-refractivity contribution >= 4 is 11.3 Å². The van der Waals surface area contributed by atoms with E-state index < -0.39 is 0 Å². The highest BCUT2D eigenvalue weighted by Crippen LogP contribution is 2.37. The van der Waals surface area contributed by atoms with Crippen LogP contribution in [0.25, 0.3) is 0 Å². The first-order valence-corrected chi connectivity index (χ1v) is 7.98. The quantitative estimate of drug-likeness (QED) is 0.836. The second-order valence-electron chi connectivity index (χ2n) is 5.71. The molecule has 100 valence electrons. The molecule has 3 rings (SSSR count). The lowest BCUT2D eigenvalue weighted by Crippen LogP contribution is -2.35. The van der Waals surface area contributed by atoms with Crippen LogP contribution in [0, 0.1) is 0 Å². The molecule has 1 aromatic heterocycles. The smallest absolute Gasteiger partial charge is 0.113 e. The summed E-state index contributed by atoms with van der Waals surface area (Å²) in [6.07, 6.45) is 8.46. The van der Waals surface area contributed by atoms with Crippen LogP contribution < -0.4 is 5.73 Å². The van der Waals surface area contributed by atoms with Crippen molar-refractivity contribution in [3.63, 3.8) is 0 Å². The van der Waals surface area contributed by atoms with E-state index in [0.29, 0.717) is 5.92 Å². The van der Waals surface area contributed by atoms with Crippen LogP contribution in [0.3, 0.4) is 0 Å². The Hall–Kier alpha value is -0.450. The van der Waals surface area contributed by atoms with Crippen LogP contribution in [0.1, 0.15) is 61.6 Å².